The number of ketones is 1. The first-order chi connectivity index (χ1) is 10.9. The van der Waals surface area contributed by atoms with Crippen molar-refractivity contribution in [2.75, 3.05) is 7.11 Å². The van der Waals surface area contributed by atoms with E-state index in [4.69, 9.17) is 4.74 Å². The first-order valence-electron chi connectivity index (χ1n) is 7.93. The molecule has 0 heterocycles. The Morgan fingerprint density at radius 3 is 2.26 bits per heavy atom. The van der Waals surface area contributed by atoms with Crippen molar-refractivity contribution in [2.45, 2.75) is 38.8 Å². The van der Waals surface area contributed by atoms with Gasteiger partial charge in [0.15, 0.2) is 5.78 Å². The van der Waals surface area contributed by atoms with Gasteiger partial charge in [0.05, 0.1) is 12.6 Å². The van der Waals surface area contributed by atoms with Crippen LogP contribution in [0.15, 0.2) is 54.6 Å². The smallest absolute Gasteiger partial charge is 0.182 e. The van der Waals surface area contributed by atoms with E-state index in [0.717, 1.165) is 12.2 Å². The molecule has 1 N–H and O–H groups in total. The molecule has 3 heteroatoms. The lowest BCUT2D eigenvalue weighted by atomic mass is 9.91. The van der Waals surface area contributed by atoms with Gasteiger partial charge in [0.1, 0.15) is 5.75 Å². The highest BCUT2D eigenvalue weighted by Gasteiger charge is 2.29. The molecular weight excluding hydrogens is 286 g/mol. The minimum Gasteiger partial charge on any atom is -0.497 e. The SMILES string of the molecule is COc1ccc(C(=O)C(C)(C)NC(C)Cc2ccccc2)cc1. The second-order valence-corrected chi connectivity index (χ2v) is 6.42. The summed E-state index contributed by atoms with van der Waals surface area (Å²) in [5.41, 5.74) is 1.33. The molecule has 0 aromatic heterocycles. The molecule has 0 radical (unpaired) electrons. The Hall–Kier alpha value is -2.13. The fourth-order valence-corrected chi connectivity index (χ4v) is 2.80. The normalized spacial score (nSPS) is 12.7. The Kier molecular flexibility index (Phi) is 5.56. The number of benzene rings is 2. The zero-order valence-electron chi connectivity index (χ0n) is 14.3. The molecule has 2 aromatic rings. The van der Waals surface area contributed by atoms with Crippen molar-refractivity contribution >= 4 is 5.78 Å². The molecule has 2 aromatic carbocycles. The molecular formula is C20H25NO2. The van der Waals surface area contributed by atoms with E-state index >= 15 is 0 Å². The largest absolute Gasteiger partial charge is 0.497 e. The zero-order chi connectivity index (χ0) is 16.9. The Morgan fingerprint density at radius 2 is 1.70 bits per heavy atom. The summed E-state index contributed by atoms with van der Waals surface area (Å²) in [5.74, 6) is 0.838. The first kappa shape index (κ1) is 17.2. The van der Waals surface area contributed by atoms with Crippen LogP contribution in [0.25, 0.3) is 0 Å². The van der Waals surface area contributed by atoms with Crippen molar-refractivity contribution in [1.29, 1.82) is 0 Å². The maximum absolute atomic E-state index is 12.8. The predicted octanol–water partition coefficient (Wildman–Crippen LogP) is 3.88. The quantitative estimate of drug-likeness (QED) is 0.789. The second kappa shape index (κ2) is 7.42. The molecule has 0 amide bonds. The lowest BCUT2D eigenvalue weighted by Gasteiger charge is -2.29. The molecule has 3 nitrogen and oxygen atoms in total. The summed E-state index contributed by atoms with van der Waals surface area (Å²) >= 11 is 0. The molecule has 0 aliphatic heterocycles. The van der Waals surface area contributed by atoms with Gasteiger partial charge >= 0.3 is 0 Å². The number of nitrogens with one attached hydrogen (secondary N) is 1. The van der Waals surface area contributed by atoms with Crippen LogP contribution in [0, 0.1) is 0 Å². The van der Waals surface area contributed by atoms with Crippen LogP contribution in [0.3, 0.4) is 0 Å². The molecule has 2 rings (SSSR count). The fourth-order valence-electron chi connectivity index (χ4n) is 2.80. The van der Waals surface area contributed by atoms with E-state index in [-0.39, 0.29) is 11.8 Å². The van der Waals surface area contributed by atoms with E-state index in [1.54, 1.807) is 7.11 Å². The Morgan fingerprint density at radius 1 is 1.09 bits per heavy atom. The van der Waals surface area contributed by atoms with Crippen molar-refractivity contribution in [1.82, 2.24) is 5.32 Å². The Balaban J connectivity index is 2.02. The van der Waals surface area contributed by atoms with Crippen molar-refractivity contribution in [3.8, 4) is 5.75 Å². The minimum absolute atomic E-state index is 0.0834. The Bertz CT molecular complexity index is 632. The molecule has 0 aliphatic carbocycles. The molecule has 0 fully saturated rings. The topological polar surface area (TPSA) is 38.3 Å². The summed E-state index contributed by atoms with van der Waals surface area (Å²) in [6, 6.07) is 17.8. The standard InChI is InChI=1S/C20H25NO2/c1-15(14-16-8-6-5-7-9-16)21-20(2,3)19(22)17-10-12-18(23-4)13-11-17/h5-13,15,21H,14H2,1-4H3. The average molecular weight is 311 g/mol. The molecule has 0 saturated carbocycles. The lowest BCUT2D eigenvalue weighted by Crippen LogP contribution is -2.51. The third kappa shape index (κ3) is 4.67. The monoisotopic (exact) mass is 311 g/mol. The van der Waals surface area contributed by atoms with Crippen LogP contribution in [-0.4, -0.2) is 24.5 Å². The highest BCUT2D eigenvalue weighted by Crippen LogP contribution is 2.18. The number of ether oxygens (including phenoxy) is 1. The highest BCUT2D eigenvalue weighted by atomic mass is 16.5. The molecule has 23 heavy (non-hydrogen) atoms. The van der Waals surface area contributed by atoms with Crippen LogP contribution in [0.2, 0.25) is 0 Å². The van der Waals surface area contributed by atoms with Gasteiger partial charge in [-0.15, -0.1) is 0 Å². The van der Waals surface area contributed by atoms with Gasteiger partial charge in [0, 0.05) is 11.6 Å². The molecule has 0 saturated heterocycles. The van der Waals surface area contributed by atoms with Gasteiger partial charge < -0.3 is 10.1 Å². The number of Topliss-reactive ketones (excluding diaryl/α,β-unsaturated/α-hetero) is 1. The summed E-state index contributed by atoms with van der Waals surface area (Å²) in [4.78, 5) is 12.8. The van der Waals surface area contributed by atoms with Crippen LogP contribution < -0.4 is 10.1 Å². The molecule has 0 spiro atoms. The summed E-state index contributed by atoms with van der Waals surface area (Å²) in [7, 11) is 1.62. The maximum atomic E-state index is 12.8. The van der Waals surface area contributed by atoms with Crippen molar-refractivity contribution < 1.29 is 9.53 Å². The van der Waals surface area contributed by atoms with Crippen LogP contribution in [0.4, 0.5) is 0 Å². The van der Waals surface area contributed by atoms with Gasteiger partial charge in [-0.25, -0.2) is 0 Å². The summed E-state index contributed by atoms with van der Waals surface area (Å²) < 4.78 is 5.14. The van der Waals surface area contributed by atoms with E-state index in [2.05, 4.69) is 24.4 Å². The average Bonchev–Trinajstić information content (AvgIpc) is 2.54. The van der Waals surface area contributed by atoms with E-state index in [0.29, 0.717) is 5.56 Å². The number of rotatable bonds is 7. The summed E-state index contributed by atoms with van der Waals surface area (Å²) in [5, 5.41) is 3.45. The van der Waals surface area contributed by atoms with Gasteiger partial charge in [-0.05, 0) is 57.0 Å². The zero-order valence-corrected chi connectivity index (χ0v) is 14.3. The van der Waals surface area contributed by atoms with E-state index in [1.165, 1.54) is 5.56 Å². The molecule has 0 bridgehead atoms. The van der Waals surface area contributed by atoms with Crippen molar-refractivity contribution in [2.24, 2.45) is 0 Å². The van der Waals surface area contributed by atoms with Gasteiger partial charge in [0.2, 0.25) is 0 Å². The minimum atomic E-state index is -0.622. The van der Waals surface area contributed by atoms with Crippen LogP contribution >= 0.6 is 0 Å². The number of carbonyl (C=O) groups is 1. The van der Waals surface area contributed by atoms with Gasteiger partial charge in [0.25, 0.3) is 0 Å². The van der Waals surface area contributed by atoms with Crippen molar-refractivity contribution in [3.05, 3.63) is 65.7 Å². The molecule has 1 unspecified atom stereocenters. The van der Waals surface area contributed by atoms with Gasteiger partial charge in [-0.1, -0.05) is 30.3 Å². The first-order valence-corrected chi connectivity index (χ1v) is 7.93. The second-order valence-electron chi connectivity index (χ2n) is 6.42. The summed E-state index contributed by atoms with van der Waals surface area (Å²) in [6.07, 6.45) is 0.889. The number of hydrogen-bond donors (Lipinski definition) is 1. The molecule has 1 atom stereocenters. The van der Waals surface area contributed by atoms with Crippen LogP contribution in [-0.2, 0) is 6.42 Å². The molecule has 122 valence electrons. The van der Waals surface area contributed by atoms with E-state index < -0.39 is 5.54 Å². The number of carbonyl (C=O) groups excluding carboxylic acids is 1. The number of methoxy groups -OCH3 is 1. The van der Waals surface area contributed by atoms with Crippen molar-refractivity contribution in [3.63, 3.8) is 0 Å². The van der Waals surface area contributed by atoms with Gasteiger partial charge in [-0.3, -0.25) is 4.79 Å². The van der Waals surface area contributed by atoms with E-state index in [1.807, 2.05) is 56.3 Å². The van der Waals surface area contributed by atoms with Gasteiger partial charge in [-0.2, -0.15) is 0 Å². The van der Waals surface area contributed by atoms with Crippen LogP contribution in [0.5, 0.6) is 5.75 Å². The fraction of sp³-hybridized carbons (Fsp3) is 0.350. The predicted molar refractivity (Wildman–Crippen MR) is 94.1 cm³/mol. The third-order valence-corrected chi connectivity index (χ3v) is 3.91. The number of hydrogen-bond acceptors (Lipinski definition) is 3. The lowest BCUT2D eigenvalue weighted by molar-refractivity contribution is 0.0871. The highest BCUT2D eigenvalue weighted by molar-refractivity contribution is 6.02. The van der Waals surface area contributed by atoms with Crippen LogP contribution in [0.1, 0.15) is 36.7 Å². The summed E-state index contributed by atoms with van der Waals surface area (Å²) in [6.45, 7) is 5.97. The molecule has 0 aliphatic rings. The Labute approximate surface area is 138 Å². The maximum Gasteiger partial charge on any atom is 0.182 e. The third-order valence-electron chi connectivity index (χ3n) is 3.91. The van der Waals surface area contributed by atoms with E-state index in [9.17, 15) is 4.79 Å².